The van der Waals surface area contributed by atoms with E-state index in [0.29, 0.717) is 5.92 Å². The number of aromatic nitrogens is 3. The molecule has 0 unspecified atom stereocenters. The highest BCUT2D eigenvalue weighted by molar-refractivity contribution is 5.04. The number of likely N-dealkylation sites (tertiary alicyclic amines) is 1. The highest BCUT2D eigenvalue weighted by atomic mass is 15.3. The zero-order chi connectivity index (χ0) is 18.6. The van der Waals surface area contributed by atoms with Gasteiger partial charge in [0, 0.05) is 45.2 Å². The predicted molar refractivity (Wildman–Crippen MR) is 109 cm³/mol. The van der Waals surface area contributed by atoms with Gasteiger partial charge in [0.2, 0.25) is 0 Å². The first kappa shape index (κ1) is 19.3. The Morgan fingerprint density at radius 2 is 1.44 bits per heavy atom. The largest absolute Gasteiger partial charge is 0.317 e. The third-order valence-electron chi connectivity index (χ3n) is 7.20. The molecule has 0 N–H and O–H groups in total. The third kappa shape index (κ3) is 4.72. The molecule has 0 bridgehead atoms. The van der Waals surface area contributed by atoms with E-state index in [9.17, 15) is 0 Å². The van der Waals surface area contributed by atoms with E-state index in [1.165, 1.54) is 70.3 Å². The van der Waals surface area contributed by atoms with E-state index >= 15 is 0 Å². The van der Waals surface area contributed by atoms with E-state index in [-0.39, 0.29) is 0 Å². The molecule has 0 radical (unpaired) electrons. The van der Waals surface area contributed by atoms with Crippen LogP contribution in [0.15, 0.2) is 0 Å². The van der Waals surface area contributed by atoms with Crippen molar-refractivity contribution in [3.8, 4) is 0 Å². The minimum Gasteiger partial charge on any atom is -0.317 e. The molecule has 1 saturated carbocycles. The molecule has 2 aliphatic heterocycles. The Bertz CT molecular complexity index is 575. The SMILES string of the molecule is CN1CCN(Cc2nnc(C3CCN(C4CCCCCC4)CC3)n2C)CC1. The third-order valence-corrected chi connectivity index (χ3v) is 7.20. The second kappa shape index (κ2) is 9.01. The quantitative estimate of drug-likeness (QED) is 0.757. The van der Waals surface area contributed by atoms with Crippen LogP contribution in [-0.2, 0) is 13.6 Å². The van der Waals surface area contributed by atoms with Crippen molar-refractivity contribution in [3.63, 3.8) is 0 Å². The van der Waals surface area contributed by atoms with Crippen LogP contribution in [0.3, 0.4) is 0 Å². The van der Waals surface area contributed by atoms with Gasteiger partial charge in [0.25, 0.3) is 0 Å². The molecule has 0 amide bonds. The number of nitrogens with zero attached hydrogens (tertiary/aromatic N) is 6. The summed E-state index contributed by atoms with van der Waals surface area (Å²) in [6.45, 7) is 8.02. The van der Waals surface area contributed by atoms with E-state index in [1.54, 1.807) is 0 Å². The van der Waals surface area contributed by atoms with Crippen molar-refractivity contribution in [2.45, 2.75) is 69.9 Å². The van der Waals surface area contributed by atoms with Crippen molar-refractivity contribution in [2.75, 3.05) is 46.3 Å². The van der Waals surface area contributed by atoms with Crippen LogP contribution in [0.4, 0.5) is 0 Å². The molecule has 27 heavy (non-hydrogen) atoms. The van der Waals surface area contributed by atoms with Gasteiger partial charge in [-0.3, -0.25) is 4.90 Å². The summed E-state index contributed by atoms with van der Waals surface area (Å²) in [5.74, 6) is 2.95. The average molecular weight is 375 g/mol. The summed E-state index contributed by atoms with van der Waals surface area (Å²) in [5, 5.41) is 9.20. The van der Waals surface area contributed by atoms with Crippen molar-refractivity contribution in [1.82, 2.24) is 29.5 Å². The van der Waals surface area contributed by atoms with Crippen LogP contribution in [0.2, 0.25) is 0 Å². The number of hydrogen-bond acceptors (Lipinski definition) is 5. The van der Waals surface area contributed by atoms with Crippen molar-refractivity contribution in [2.24, 2.45) is 7.05 Å². The monoisotopic (exact) mass is 374 g/mol. The molecule has 2 saturated heterocycles. The zero-order valence-corrected chi connectivity index (χ0v) is 17.4. The molecule has 152 valence electrons. The molecule has 3 fully saturated rings. The topological polar surface area (TPSA) is 40.4 Å². The molecule has 3 aliphatic rings. The Kier molecular flexibility index (Phi) is 6.46. The highest BCUT2D eigenvalue weighted by Crippen LogP contribution is 2.31. The molecule has 1 aromatic rings. The first-order chi connectivity index (χ1) is 13.2. The van der Waals surface area contributed by atoms with E-state index in [0.717, 1.165) is 44.6 Å². The Hall–Kier alpha value is -0.980. The van der Waals surface area contributed by atoms with Crippen LogP contribution in [0.1, 0.15) is 68.9 Å². The summed E-state index contributed by atoms with van der Waals surface area (Å²) in [5.41, 5.74) is 0. The van der Waals surface area contributed by atoms with Gasteiger partial charge < -0.3 is 14.4 Å². The number of rotatable bonds is 4. The molecule has 6 heteroatoms. The van der Waals surface area contributed by atoms with Crippen molar-refractivity contribution in [1.29, 1.82) is 0 Å². The molecule has 3 heterocycles. The summed E-state index contributed by atoms with van der Waals surface area (Å²) in [7, 11) is 4.39. The van der Waals surface area contributed by atoms with E-state index in [4.69, 9.17) is 0 Å². The fourth-order valence-electron chi connectivity index (χ4n) is 5.22. The maximum absolute atomic E-state index is 4.63. The first-order valence-electron chi connectivity index (χ1n) is 11.2. The van der Waals surface area contributed by atoms with Crippen molar-refractivity contribution >= 4 is 0 Å². The van der Waals surface area contributed by atoms with E-state index < -0.39 is 0 Å². The minimum absolute atomic E-state index is 0.589. The zero-order valence-electron chi connectivity index (χ0n) is 17.4. The van der Waals surface area contributed by atoms with Crippen LogP contribution >= 0.6 is 0 Å². The Morgan fingerprint density at radius 3 is 2.11 bits per heavy atom. The second-order valence-electron chi connectivity index (χ2n) is 9.07. The normalized spacial score (nSPS) is 25.7. The standard InChI is InChI=1S/C21H38N6/c1-24-13-15-26(16-14-24)17-20-22-23-21(25(20)2)18-9-11-27(12-10-18)19-7-5-3-4-6-8-19/h18-19H,3-17H2,1-2H3. The molecule has 0 aromatic carbocycles. The van der Waals surface area contributed by atoms with Gasteiger partial charge in [-0.05, 0) is 45.8 Å². The van der Waals surface area contributed by atoms with E-state index in [1.807, 2.05) is 0 Å². The molecular weight excluding hydrogens is 336 g/mol. The van der Waals surface area contributed by atoms with Gasteiger partial charge in [0.15, 0.2) is 0 Å². The minimum atomic E-state index is 0.589. The number of hydrogen-bond donors (Lipinski definition) is 0. The van der Waals surface area contributed by atoms with Gasteiger partial charge in [-0.2, -0.15) is 0 Å². The smallest absolute Gasteiger partial charge is 0.146 e. The van der Waals surface area contributed by atoms with Crippen molar-refractivity contribution < 1.29 is 0 Å². The Morgan fingerprint density at radius 1 is 0.778 bits per heavy atom. The molecule has 0 spiro atoms. The van der Waals surface area contributed by atoms with Crippen LogP contribution in [-0.4, -0.2) is 81.8 Å². The molecule has 6 nitrogen and oxygen atoms in total. The number of piperidine rings is 1. The maximum Gasteiger partial charge on any atom is 0.146 e. The van der Waals surface area contributed by atoms with Crippen LogP contribution in [0, 0.1) is 0 Å². The van der Waals surface area contributed by atoms with Gasteiger partial charge in [-0.15, -0.1) is 10.2 Å². The van der Waals surface area contributed by atoms with Crippen LogP contribution < -0.4 is 0 Å². The predicted octanol–water partition coefficient (Wildman–Crippen LogP) is 2.46. The maximum atomic E-state index is 4.63. The van der Waals surface area contributed by atoms with Gasteiger partial charge >= 0.3 is 0 Å². The molecule has 4 rings (SSSR count). The molecule has 0 atom stereocenters. The first-order valence-corrected chi connectivity index (χ1v) is 11.2. The fraction of sp³-hybridized carbons (Fsp3) is 0.905. The van der Waals surface area contributed by atoms with Gasteiger partial charge in [0.1, 0.15) is 11.6 Å². The average Bonchev–Trinajstić information content (AvgIpc) is 2.89. The number of likely N-dealkylation sites (N-methyl/N-ethyl adjacent to an activating group) is 1. The summed E-state index contributed by atoms with van der Waals surface area (Å²) < 4.78 is 2.30. The van der Waals surface area contributed by atoms with Crippen LogP contribution in [0.25, 0.3) is 0 Å². The lowest BCUT2D eigenvalue weighted by molar-refractivity contribution is 0.136. The molecule has 1 aliphatic carbocycles. The summed E-state index contributed by atoms with van der Waals surface area (Å²) >= 11 is 0. The Labute approximate surface area is 164 Å². The van der Waals surface area contributed by atoms with Gasteiger partial charge in [-0.1, -0.05) is 25.7 Å². The summed E-state index contributed by atoms with van der Waals surface area (Å²) in [6, 6.07) is 0.848. The Balaban J connectivity index is 1.31. The number of piperazine rings is 1. The van der Waals surface area contributed by atoms with Crippen molar-refractivity contribution in [3.05, 3.63) is 11.6 Å². The molecular formula is C21H38N6. The van der Waals surface area contributed by atoms with Crippen LogP contribution in [0.5, 0.6) is 0 Å². The summed E-state index contributed by atoms with van der Waals surface area (Å²) in [6.07, 6.45) is 11.1. The lowest BCUT2D eigenvalue weighted by Crippen LogP contribution is -2.44. The second-order valence-corrected chi connectivity index (χ2v) is 9.07. The van der Waals surface area contributed by atoms with E-state index in [2.05, 4.69) is 43.6 Å². The molecule has 1 aromatic heterocycles. The van der Waals surface area contributed by atoms with Gasteiger partial charge in [-0.25, -0.2) is 0 Å². The lowest BCUT2D eigenvalue weighted by Gasteiger charge is -2.37. The fourth-order valence-corrected chi connectivity index (χ4v) is 5.22. The summed E-state index contributed by atoms with van der Waals surface area (Å²) in [4.78, 5) is 7.70. The van der Waals surface area contributed by atoms with Gasteiger partial charge in [0.05, 0.1) is 6.54 Å². The highest BCUT2D eigenvalue weighted by Gasteiger charge is 2.29. The lowest BCUT2D eigenvalue weighted by atomic mass is 9.93.